The number of nitro groups is 2. The monoisotopic (exact) mass is 453 g/mol. The molecular weight excluding hydrogens is 430 g/mol. The molecule has 0 N–H and O–H groups in total. The van der Waals surface area contributed by atoms with Crippen LogP contribution >= 0.6 is 0 Å². The Morgan fingerprint density at radius 1 is 1.03 bits per heavy atom. The SMILES string of the molecule is Cc1cc(C)c2c(c1)OC1(CCN(C(=O)c3cc([N+](=O)[O-])cc([N+](=O)[O-])c3C)CC1)CC2=O. The molecule has 1 amide bonds. The van der Waals surface area contributed by atoms with Gasteiger partial charge in [-0.25, -0.2) is 0 Å². The van der Waals surface area contributed by atoms with Gasteiger partial charge in [-0.2, -0.15) is 0 Å². The molecule has 0 aromatic heterocycles. The Bertz CT molecular complexity index is 1210. The molecule has 10 nitrogen and oxygen atoms in total. The van der Waals surface area contributed by atoms with E-state index in [9.17, 15) is 29.8 Å². The van der Waals surface area contributed by atoms with Crippen molar-refractivity contribution in [3.05, 3.63) is 72.3 Å². The number of nitro benzene ring substituents is 2. The number of piperidine rings is 1. The van der Waals surface area contributed by atoms with Crippen molar-refractivity contribution in [3.8, 4) is 5.75 Å². The van der Waals surface area contributed by atoms with Gasteiger partial charge in [0, 0.05) is 37.6 Å². The van der Waals surface area contributed by atoms with Crippen LogP contribution in [0.25, 0.3) is 0 Å². The van der Waals surface area contributed by atoms with E-state index in [0.717, 1.165) is 23.3 Å². The van der Waals surface area contributed by atoms with Crippen LogP contribution in [-0.2, 0) is 0 Å². The van der Waals surface area contributed by atoms with E-state index in [-0.39, 0.29) is 36.4 Å². The number of benzene rings is 2. The smallest absolute Gasteiger partial charge is 0.279 e. The van der Waals surface area contributed by atoms with Crippen LogP contribution in [-0.4, -0.2) is 45.1 Å². The van der Waals surface area contributed by atoms with Crippen molar-refractivity contribution in [2.75, 3.05) is 13.1 Å². The van der Waals surface area contributed by atoms with Gasteiger partial charge in [0.15, 0.2) is 5.78 Å². The fourth-order valence-electron chi connectivity index (χ4n) is 4.78. The maximum Gasteiger partial charge on any atom is 0.279 e. The number of hydrogen-bond acceptors (Lipinski definition) is 7. The average molecular weight is 453 g/mol. The molecule has 0 unspecified atom stereocenters. The van der Waals surface area contributed by atoms with Gasteiger partial charge in [0.25, 0.3) is 17.3 Å². The predicted octanol–water partition coefficient (Wildman–Crippen LogP) is 4.07. The second kappa shape index (κ2) is 7.95. The lowest BCUT2D eigenvalue weighted by Crippen LogP contribution is -2.52. The summed E-state index contributed by atoms with van der Waals surface area (Å²) in [7, 11) is 0. The van der Waals surface area contributed by atoms with Crippen LogP contribution in [0.15, 0.2) is 24.3 Å². The molecule has 33 heavy (non-hydrogen) atoms. The molecule has 172 valence electrons. The van der Waals surface area contributed by atoms with Crippen molar-refractivity contribution >= 4 is 23.1 Å². The standard InChI is InChI=1S/C23H23N3O7/c1-13-8-14(2)21-19(27)12-23(33-20(21)9-13)4-6-24(7-5-23)22(28)17-10-16(25(29)30)11-18(15(17)3)26(31)32/h8-11H,4-7,12H2,1-3H3. The molecule has 0 saturated carbocycles. The number of nitrogens with zero attached hydrogens (tertiary/aromatic N) is 3. The number of carbonyl (C=O) groups is 2. The molecule has 1 spiro atoms. The summed E-state index contributed by atoms with van der Waals surface area (Å²) < 4.78 is 6.31. The molecule has 0 aliphatic carbocycles. The normalized spacial score (nSPS) is 16.8. The minimum absolute atomic E-state index is 0.0127. The first-order valence-electron chi connectivity index (χ1n) is 10.6. The largest absolute Gasteiger partial charge is 0.486 e. The number of hydrogen-bond donors (Lipinski definition) is 0. The first-order valence-corrected chi connectivity index (χ1v) is 10.6. The minimum Gasteiger partial charge on any atom is -0.486 e. The molecule has 2 aliphatic rings. The summed E-state index contributed by atoms with van der Waals surface area (Å²) in [5.41, 5.74) is 0.794. The number of non-ortho nitro benzene ring substituents is 1. The van der Waals surface area contributed by atoms with Crippen LogP contribution in [0.1, 0.15) is 56.7 Å². The molecule has 4 rings (SSSR count). The third-order valence-corrected chi connectivity index (χ3v) is 6.50. The third-order valence-electron chi connectivity index (χ3n) is 6.50. The fourth-order valence-corrected chi connectivity index (χ4v) is 4.78. The van der Waals surface area contributed by atoms with Gasteiger partial charge < -0.3 is 9.64 Å². The predicted molar refractivity (Wildman–Crippen MR) is 118 cm³/mol. The molecule has 1 fully saturated rings. The van der Waals surface area contributed by atoms with E-state index in [1.54, 1.807) is 0 Å². The molecule has 10 heteroatoms. The van der Waals surface area contributed by atoms with Crippen molar-refractivity contribution in [1.29, 1.82) is 0 Å². The van der Waals surface area contributed by atoms with E-state index in [4.69, 9.17) is 4.74 Å². The summed E-state index contributed by atoms with van der Waals surface area (Å²) in [5, 5.41) is 22.6. The fraction of sp³-hybridized carbons (Fsp3) is 0.391. The van der Waals surface area contributed by atoms with Gasteiger partial charge in [0.2, 0.25) is 0 Å². The highest BCUT2D eigenvalue weighted by Crippen LogP contribution is 2.41. The highest BCUT2D eigenvalue weighted by atomic mass is 16.6. The van der Waals surface area contributed by atoms with Gasteiger partial charge in [0.05, 0.1) is 33.5 Å². The van der Waals surface area contributed by atoms with Crippen molar-refractivity contribution in [2.45, 2.75) is 45.6 Å². The van der Waals surface area contributed by atoms with Gasteiger partial charge in [-0.15, -0.1) is 0 Å². The maximum absolute atomic E-state index is 13.2. The Hall–Kier alpha value is -3.82. The molecule has 0 radical (unpaired) electrons. The molecular formula is C23H23N3O7. The first-order chi connectivity index (χ1) is 15.5. The molecule has 2 aromatic rings. The molecule has 0 atom stereocenters. The van der Waals surface area contributed by atoms with Crippen molar-refractivity contribution in [3.63, 3.8) is 0 Å². The highest BCUT2D eigenvalue weighted by Gasteiger charge is 2.44. The number of Topliss-reactive ketones (excluding diaryl/α,β-unsaturated/α-hetero) is 1. The van der Waals surface area contributed by atoms with Gasteiger partial charge in [-0.05, 0) is 38.0 Å². The van der Waals surface area contributed by atoms with E-state index in [0.29, 0.717) is 24.2 Å². The van der Waals surface area contributed by atoms with Gasteiger partial charge in [-0.1, -0.05) is 6.07 Å². The molecule has 0 bridgehead atoms. The number of amides is 1. The Morgan fingerprint density at radius 3 is 2.30 bits per heavy atom. The number of ether oxygens (including phenoxy) is 1. The summed E-state index contributed by atoms with van der Waals surface area (Å²) in [6.45, 7) is 5.76. The number of ketones is 1. The molecule has 2 heterocycles. The van der Waals surface area contributed by atoms with Crippen molar-refractivity contribution in [1.82, 2.24) is 4.90 Å². The Labute approximate surface area is 189 Å². The van der Waals surface area contributed by atoms with Crippen molar-refractivity contribution in [2.24, 2.45) is 0 Å². The van der Waals surface area contributed by atoms with E-state index >= 15 is 0 Å². The van der Waals surface area contributed by atoms with Crippen LogP contribution in [0.4, 0.5) is 11.4 Å². The topological polar surface area (TPSA) is 133 Å². The van der Waals surface area contributed by atoms with Crippen LogP contribution < -0.4 is 4.74 Å². The van der Waals surface area contributed by atoms with E-state index in [1.807, 2.05) is 26.0 Å². The van der Waals surface area contributed by atoms with Gasteiger partial charge in [0.1, 0.15) is 11.4 Å². The molecule has 1 saturated heterocycles. The van der Waals surface area contributed by atoms with Gasteiger partial charge >= 0.3 is 0 Å². The number of aryl methyl sites for hydroxylation is 2. The minimum atomic E-state index is -0.753. The zero-order valence-electron chi connectivity index (χ0n) is 18.5. The summed E-state index contributed by atoms with van der Waals surface area (Å²) in [6, 6.07) is 5.74. The second-order valence-corrected chi connectivity index (χ2v) is 8.78. The van der Waals surface area contributed by atoms with E-state index in [1.165, 1.54) is 11.8 Å². The summed E-state index contributed by atoms with van der Waals surface area (Å²) >= 11 is 0. The highest BCUT2D eigenvalue weighted by molar-refractivity contribution is 6.02. The quantitative estimate of drug-likeness (QED) is 0.505. The maximum atomic E-state index is 13.2. The first kappa shape index (κ1) is 22.4. The third kappa shape index (κ3) is 3.92. The average Bonchev–Trinajstić information content (AvgIpc) is 2.72. The van der Waals surface area contributed by atoms with Crippen LogP contribution in [0.2, 0.25) is 0 Å². The summed E-state index contributed by atoms with van der Waals surface area (Å²) in [6.07, 6.45) is 1.03. The molecule has 2 aliphatic heterocycles. The number of likely N-dealkylation sites (tertiary alicyclic amines) is 1. The zero-order valence-corrected chi connectivity index (χ0v) is 18.5. The molecule has 2 aromatic carbocycles. The number of carbonyl (C=O) groups excluding carboxylic acids is 2. The van der Waals surface area contributed by atoms with Gasteiger partial charge in [-0.3, -0.25) is 29.8 Å². The van der Waals surface area contributed by atoms with Crippen LogP contribution in [0.3, 0.4) is 0 Å². The Kier molecular flexibility index (Phi) is 5.39. The van der Waals surface area contributed by atoms with Crippen LogP contribution in [0.5, 0.6) is 5.75 Å². The summed E-state index contributed by atoms with van der Waals surface area (Å²) in [5.74, 6) is 0.0655. The number of rotatable bonds is 3. The lowest BCUT2D eigenvalue weighted by Gasteiger charge is -2.44. The van der Waals surface area contributed by atoms with E-state index < -0.39 is 32.7 Å². The lowest BCUT2D eigenvalue weighted by atomic mass is 9.81. The number of fused-ring (bicyclic) bond motifs is 1. The van der Waals surface area contributed by atoms with Crippen molar-refractivity contribution < 1.29 is 24.2 Å². The second-order valence-electron chi connectivity index (χ2n) is 8.78. The zero-order chi connectivity index (χ0) is 24.1. The Balaban J connectivity index is 1.58. The lowest BCUT2D eigenvalue weighted by molar-refractivity contribution is -0.394. The Morgan fingerprint density at radius 2 is 1.70 bits per heavy atom. The van der Waals surface area contributed by atoms with Crippen LogP contribution in [0, 0.1) is 41.0 Å². The van der Waals surface area contributed by atoms with E-state index in [2.05, 4.69) is 0 Å². The summed E-state index contributed by atoms with van der Waals surface area (Å²) in [4.78, 5) is 48.6.